The summed E-state index contributed by atoms with van der Waals surface area (Å²) >= 11 is 0. The molecule has 3 aromatic rings. The van der Waals surface area contributed by atoms with Crippen LogP contribution in [0.25, 0.3) is 11.3 Å². The standard InChI is InChI=1S/C18H16N4O2/c1-13-4-2-3-5-15(13)20-17(23)12-22-18(24)7-6-16(21-22)14-8-10-19-11-9-14/h2-11H,12H2,1H3,(H,20,23). The molecule has 2 heterocycles. The number of hydrogen-bond donors (Lipinski definition) is 1. The number of carbonyl (C=O) groups excluding carboxylic acids is 1. The Morgan fingerprint density at radius 3 is 2.58 bits per heavy atom. The first-order chi connectivity index (χ1) is 11.6. The van der Waals surface area contributed by atoms with Crippen LogP contribution in [0.2, 0.25) is 0 Å². The van der Waals surface area contributed by atoms with Gasteiger partial charge >= 0.3 is 0 Å². The molecule has 1 N–H and O–H groups in total. The quantitative estimate of drug-likeness (QED) is 0.800. The van der Waals surface area contributed by atoms with Crippen molar-refractivity contribution in [3.63, 3.8) is 0 Å². The fourth-order valence-corrected chi connectivity index (χ4v) is 2.28. The van der Waals surface area contributed by atoms with Crippen molar-refractivity contribution >= 4 is 11.6 Å². The summed E-state index contributed by atoms with van der Waals surface area (Å²) in [6.45, 7) is 1.76. The Kier molecular flexibility index (Phi) is 4.47. The minimum absolute atomic E-state index is 0.147. The minimum atomic E-state index is -0.326. The smallest absolute Gasteiger partial charge is 0.267 e. The van der Waals surface area contributed by atoms with Crippen LogP contribution in [-0.4, -0.2) is 20.7 Å². The molecule has 0 bridgehead atoms. The predicted molar refractivity (Wildman–Crippen MR) is 91.5 cm³/mol. The number of carbonyl (C=O) groups is 1. The topological polar surface area (TPSA) is 76.9 Å². The molecule has 0 aliphatic carbocycles. The fourth-order valence-electron chi connectivity index (χ4n) is 2.28. The van der Waals surface area contributed by atoms with Crippen LogP contribution in [0.5, 0.6) is 0 Å². The summed E-state index contributed by atoms with van der Waals surface area (Å²) < 4.78 is 1.16. The number of aryl methyl sites for hydroxylation is 1. The van der Waals surface area contributed by atoms with E-state index in [1.807, 2.05) is 31.2 Å². The highest BCUT2D eigenvalue weighted by Crippen LogP contribution is 2.14. The summed E-state index contributed by atoms with van der Waals surface area (Å²) in [6, 6.07) is 14.1. The summed E-state index contributed by atoms with van der Waals surface area (Å²) in [6.07, 6.45) is 3.30. The average Bonchev–Trinajstić information content (AvgIpc) is 2.60. The lowest BCUT2D eigenvalue weighted by molar-refractivity contribution is -0.117. The second-order valence-electron chi connectivity index (χ2n) is 5.31. The molecular weight excluding hydrogens is 304 g/mol. The maximum Gasteiger partial charge on any atom is 0.267 e. The van der Waals surface area contributed by atoms with Gasteiger partial charge in [0.1, 0.15) is 6.54 Å². The zero-order valence-electron chi connectivity index (χ0n) is 13.1. The Bertz CT molecular complexity index is 920. The number of amides is 1. The minimum Gasteiger partial charge on any atom is -0.324 e. The summed E-state index contributed by atoms with van der Waals surface area (Å²) in [4.78, 5) is 28.1. The first kappa shape index (κ1) is 15.6. The second kappa shape index (κ2) is 6.87. The Morgan fingerprint density at radius 1 is 1.08 bits per heavy atom. The van der Waals surface area contributed by atoms with Crippen LogP contribution in [0.4, 0.5) is 5.69 Å². The third-order valence-electron chi connectivity index (χ3n) is 3.56. The van der Waals surface area contributed by atoms with E-state index in [-0.39, 0.29) is 18.0 Å². The largest absolute Gasteiger partial charge is 0.324 e. The lowest BCUT2D eigenvalue weighted by atomic mass is 10.2. The van der Waals surface area contributed by atoms with Gasteiger partial charge in [-0.15, -0.1) is 0 Å². The molecule has 24 heavy (non-hydrogen) atoms. The van der Waals surface area contributed by atoms with Crippen molar-refractivity contribution in [2.45, 2.75) is 13.5 Å². The Balaban J connectivity index is 1.81. The first-order valence-corrected chi connectivity index (χ1v) is 7.47. The molecular formula is C18H16N4O2. The summed E-state index contributed by atoms with van der Waals surface area (Å²) in [5, 5.41) is 7.06. The van der Waals surface area contributed by atoms with Crippen molar-refractivity contribution in [1.29, 1.82) is 0 Å². The number of hydrogen-bond acceptors (Lipinski definition) is 4. The van der Waals surface area contributed by atoms with Crippen molar-refractivity contribution in [3.05, 3.63) is 76.8 Å². The molecule has 120 valence electrons. The van der Waals surface area contributed by atoms with E-state index in [1.54, 1.807) is 30.6 Å². The normalized spacial score (nSPS) is 10.4. The molecule has 6 heteroatoms. The van der Waals surface area contributed by atoms with Gasteiger partial charge in [-0.3, -0.25) is 14.6 Å². The third-order valence-corrected chi connectivity index (χ3v) is 3.56. The van der Waals surface area contributed by atoms with Gasteiger partial charge in [0.2, 0.25) is 5.91 Å². The van der Waals surface area contributed by atoms with Crippen LogP contribution in [0.3, 0.4) is 0 Å². The molecule has 0 saturated carbocycles. The van der Waals surface area contributed by atoms with Crippen molar-refractivity contribution in [2.75, 3.05) is 5.32 Å². The van der Waals surface area contributed by atoms with Crippen LogP contribution in [0, 0.1) is 6.92 Å². The predicted octanol–water partition coefficient (Wildman–Crippen LogP) is 2.25. The molecule has 0 aliphatic rings. The van der Waals surface area contributed by atoms with Crippen molar-refractivity contribution in [1.82, 2.24) is 14.8 Å². The molecule has 0 unspecified atom stereocenters. The van der Waals surface area contributed by atoms with Gasteiger partial charge in [0.15, 0.2) is 0 Å². The SMILES string of the molecule is Cc1ccccc1NC(=O)Cn1nc(-c2ccncc2)ccc1=O. The molecule has 1 aromatic carbocycles. The summed E-state index contributed by atoms with van der Waals surface area (Å²) in [7, 11) is 0. The number of para-hydroxylation sites is 1. The number of rotatable bonds is 4. The van der Waals surface area contributed by atoms with Crippen molar-refractivity contribution in [2.24, 2.45) is 0 Å². The van der Waals surface area contributed by atoms with Crippen LogP contribution in [0.1, 0.15) is 5.56 Å². The van der Waals surface area contributed by atoms with E-state index in [0.29, 0.717) is 5.69 Å². The highest BCUT2D eigenvalue weighted by Gasteiger charge is 2.09. The molecule has 0 spiro atoms. The molecule has 3 rings (SSSR count). The van der Waals surface area contributed by atoms with Crippen molar-refractivity contribution < 1.29 is 4.79 Å². The number of aromatic nitrogens is 3. The van der Waals surface area contributed by atoms with Crippen LogP contribution in [-0.2, 0) is 11.3 Å². The highest BCUT2D eigenvalue weighted by atomic mass is 16.2. The molecule has 0 saturated heterocycles. The Labute approximate surface area is 138 Å². The van der Waals surface area contributed by atoms with Gasteiger partial charge in [-0.25, -0.2) is 4.68 Å². The first-order valence-electron chi connectivity index (χ1n) is 7.47. The van der Waals surface area contributed by atoms with Gasteiger partial charge < -0.3 is 5.32 Å². The summed E-state index contributed by atoms with van der Waals surface area (Å²) in [5.74, 6) is -0.300. The molecule has 1 amide bonds. The number of nitrogens with zero attached hydrogens (tertiary/aromatic N) is 3. The van der Waals surface area contributed by atoms with Gasteiger partial charge in [0.05, 0.1) is 5.69 Å². The molecule has 6 nitrogen and oxygen atoms in total. The third kappa shape index (κ3) is 3.55. The highest BCUT2D eigenvalue weighted by molar-refractivity contribution is 5.91. The number of pyridine rings is 1. The van der Waals surface area contributed by atoms with Gasteiger partial charge in [-0.05, 0) is 36.8 Å². The number of benzene rings is 1. The lowest BCUT2D eigenvalue weighted by Crippen LogP contribution is -2.29. The van der Waals surface area contributed by atoms with Crippen LogP contribution in [0.15, 0.2) is 65.7 Å². The lowest BCUT2D eigenvalue weighted by Gasteiger charge is -2.10. The van der Waals surface area contributed by atoms with E-state index < -0.39 is 0 Å². The van der Waals surface area contributed by atoms with E-state index in [1.165, 1.54) is 6.07 Å². The van der Waals surface area contributed by atoms with Crippen LogP contribution >= 0.6 is 0 Å². The molecule has 0 atom stereocenters. The zero-order chi connectivity index (χ0) is 16.9. The van der Waals surface area contributed by atoms with Gasteiger partial charge in [-0.1, -0.05) is 18.2 Å². The Morgan fingerprint density at radius 2 is 1.83 bits per heavy atom. The van der Waals surface area contributed by atoms with Crippen LogP contribution < -0.4 is 10.9 Å². The molecule has 0 fully saturated rings. The zero-order valence-corrected chi connectivity index (χ0v) is 13.1. The van der Waals surface area contributed by atoms with Crippen molar-refractivity contribution in [3.8, 4) is 11.3 Å². The van der Waals surface area contributed by atoms with E-state index in [9.17, 15) is 9.59 Å². The molecule has 0 aliphatic heterocycles. The van der Waals surface area contributed by atoms with Gasteiger partial charge in [0.25, 0.3) is 5.56 Å². The fraction of sp³-hybridized carbons (Fsp3) is 0.111. The number of nitrogens with one attached hydrogen (secondary N) is 1. The molecule has 0 radical (unpaired) electrons. The van der Waals surface area contributed by atoms with Gasteiger partial charge in [0, 0.05) is 29.7 Å². The maximum atomic E-state index is 12.2. The van der Waals surface area contributed by atoms with E-state index in [0.717, 1.165) is 21.5 Å². The summed E-state index contributed by atoms with van der Waals surface area (Å²) in [5.41, 5.74) is 2.80. The van der Waals surface area contributed by atoms with E-state index >= 15 is 0 Å². The van der Waals surface area contributed by atoms with Gasteiger partial charge in [-0.2, -0.15) is 5.10 Å². The monoisotopic (exact) mass is 320 g/mol. The van der Waals surface area contributed by atoms with E-state index in [4.69, 9.17) is 0 Å². The maximum absolute atomic E-state index is 12.2. The average molecular weight is 320 g/mol. The number of anilines is 1. The van der Waals surface area contributed by atoms with E-state index in [2.05, 4.69) is 15.4 Å². The molecule has 2 aromatic heterocycles. The Hall–Kier alpha value is -3.28. The second-order valence-corrected chi connectivity index (χ2v) is 5.31.